The van der Waals surface area contributed by atoms with Crippen LogP contribution in [0.25, 0.3) is 10.9 Å². The van der Waals surface area contributed by atoms with Gasteiger partial charge >= 0.3 is 0 Å². The summed E-state index contributed by atoms with van der Waals surface area (Å²) in [5.74, 6) is 0.0460. The molecule has 2 aromatic rings. The maximum atomic E-state index is 12.4. The van der Waals surface area contributed by atoms with Crippen LogP contribution in [0.2, 0.25) is 0 Å². The number of hydrogen-bond acceptors (Lipinski definition) is 2. The summed E-state index contributed by atoms with van der Waals surface area (Å²) >= 11 is 0. The number of carbonyl (C=O) groups excluding carboxylic acids is 1. The Balaban J connectivity index is 2.12. The topological polar surface area (TPSA) is 42.3 Å². The molecule has 0 bridgehead atoms. The first-order valence-corrected chi connectivity index (χ1v) is 7.86. The lowest BCUT2D eigenvalue weighted by Gasteiger charge is -2.19. The van der Waals surface area contributed by atoms with Gasteiger partial charge in [-0.25, -0.2) is 0 Å². The van der Waals surface area contributed by atoms with E-state index in [-0.39, 0.29) is 18.0 Å². The van der Waals surface area contributed by atoms with Crippen molar-refractivity contribution >= 4 is 16.8 Å². The molecule has 1 amide bonds. The Kier molecular flexibility index (Phi) is 3.77. The van der Waals surface area contributed by atoms with Gasteiger partial charge in [-0.15, -0.1) is 0 Å². The molecule has 0 atom stereocenters. The Labute approximate surface area is 130 Å². The Hall–Kier alpha value is -2.10. The van der Waals surface area contributed by atoms with Gasteiger partial charge in [-0.05, 0) is 50.8 Å². The van der Waals surface area contributed by atoms with Crippen LogP contribution in [0, 0.1) is 20.8 Å². The van der Waals surface area contributed by atoms with E-state index >= 15 is 0 Å². The molecule has 116 valence electrons. The van der Waals surface area contributed by atoms with Gasteiger partial charge in [0.2, 0.25) is 5.91 Å². The molecule has 1 aromatic carbocycles. The van der Waals surface area contributed by atoms with Gasteiger partial charge in [-0.2, -0.15) is 0 Å². The fourth-order valence-electron chi connectivity index (χ4n) is 3.43. The molecule has 0 aliphatic carbocycles. The number of carbonyl (C=O) groups is 1. The van der Waals surface area contributed by atoms with Crippen LogP contribution >= 0.6 is 0 Å². The number of aromatic nitrogens is 1. The number of nitrogens with zero attached hydrogens (tertiary/aromatic N) is 2. The molecule has 0 saturated carbocycles. The van der Waals surface area contributed by atoms with Gasteiger partial charge in [-0.3, -0.25) is 14.2 Å². The summed E-state index contributed by atoms with van der Waals surface area (Å²) in [6.45, 7) is 7.78. The van der Waals surface area contributed by atoms with Crippen molar-refractivity contribution in [1.29, 1.82) is 0 Å². The zero-order chi connectivity index (χ0) is 15.9. The number of pyridine rings is 1. The minimum absolute atomic E-state index is 0.0460. The third-order valence-electron chi connectivity index (χ3n) is 4.50. The van der Waals surface area contributed by atoms with Crippen molar-refractivity contribution in [3.8, 4) is 0 Å². The van der Waals surface area contributed by atoms with Crippen LogP contribution in [0.5, 0.6) is 0 Å². The normalized spacial score (nSPS) is 14.8. The Bertz CT molecular complexity index is 799. The lowest BCUT2D eigenvalue weighted by molar-refractivity contribution is -0.130. The molecule has 4 heteroatoms. The van der Waals surface area contributed by atoms with Crippen molar-refractivity contribution in [2.45, 2.75) is 40.2 Å². The monoisotopic (exact) mass is 298 g/mol. The minimum Gasteiger partial charge on any atom is -0.341 e. The van der Waals surface area contributed by atoms with E-state index < -0.39 is 0 Å². The number of hydrogen-bond donors (Lipinski definition) is 0. The van der Waals surface area contributed by atoms with E-state index in [0.29, 0.717) is 0 Å². The summed E-state index contributed by atoms with van der Waals surface area (Å²) in [7, 11) is 0. The van der Waals surface area contributed by atoms with Crippen molar-refractivity contribution in [1.82, 2.24) is 9.47 Å². The highest BCUT2D eigenvalue weighted by Gasteiger charge is 2.20. The molecule has 3 rings (SSSR count). The average molecular weight is 298 g/mol. The maximum Gasteiger partial charge on any atom is 0.251 e. The molecule has 1 aliphatic rings. The zero-order valence-electron chi connectivity index (χ0n) is 13.5. The van der Waals surface area contributed by atoms with Crippen LogP contribution in [0.1, 0.15) is 29.5 Å². The van der Waals surface area contributed by atoms with Crippen LogP contribution in [-0.4, -0.2) is 28.5 Å². The second-order valence-corrected chi connectivity index (χ2v) is 6.32. The summed E-state index contributed by atoms with van der Waals surface area (Å²) in [6, 6.07) is 5.80. The van der Waals surface area contributed by atoms with E-state index in [1.54, 1.807) is 10.6 Å². The summed E-state index contributed by atoms with van der Waals surface area (Å²) in [5, 5.41) is 1.06. The van der Waals surface area contributed by atoms with Gasteiger partial charge in [0.05, 0.1) is 5.52 Å². The van der Waals surface area contributed by atoms with Crippen molar-refractivity contribution < 1.29 is 4.79 Å². The fraction of sp³-hybridized carbons (Fsp3) is 0.444. The van der Waals surface area contributed by atoms with E-state index in [4.69, 9.17) is 0 Å². The predicted molar refractivity (Wildman–Crippen MR) is 88.2 cm³/mol. The highest BCUT2D eigenvalue weighted by Crippen LogP contribution is 2.22. The smallest absolute Gasteiger partial charge is 0.251 e. The molecule has 0 unspecified atom stereocenters. The van der Waals surface area contributed by atoms with Crippen LogP contribution in [-0.2, 0) is 11.3 Å². The summed E-state index contributed by atoms with van der Waals surface area (Å²) in [6.07, 6.45) is 2.13. The molecule has 1 aromatic heterocycles. The molecule has 0 radical (unpaired) electrons. The first-order valence-electron chi connectivity index (χ1n) is 7.86. The van der Waals surface area contributed by atoms with Gasteiger partial charge in [0.25, 0.3) is 5.56 Å². The second-order valence-electron chi connectivity index (χ2n) is 6.32. The van der Waals surface area contributed by atoms with E-state index in [2.05, 4.69) is 19.1 Å². The fourth-order valence-corrected chi connectivity index (χ4v) is 3.43. The Morgan fingerprint density at radius 1 is 1.05 bits per heavy atom. The Morgan fingerprint density at radius 3 is 2.41 bits per heavy atom. The van der Waals surface area contributed by atoms with Crippen LogP contribution < -0.4 is 5.56 Å². The molecule has 0 spiro atoms. The summed E-state index contributed by atoms with van der Waals surface area (Å²) in [4.78, 5) is 26.7. The highest BCUT2D eigenvalue weighted by atomic mass is 16.2. The number of likely N-dealkylation sites (tertiary alicyclic amines) is 1. The summed E-state index contributed by atoms with van der Waals surface area (Å²) < 4.78 is 1.64. The van der Waals surface area contributed by atoms with E-state index in [1.165, 1.54) is 5.56 Å². The van der Waals surface area contributed by atoms with E-state index in [0.717, 1.165) is 48.0 Å². The lowest BCUT2D eigenvalue weighted by Crippen LogP contribution is -2.34. The van der Waals surface area contributed by atoms with Crippen LogP contribution in [0.3, 0.4) is 0 Å². The lowest BCUT2D eigenvalue weighted by atomic mass is 10.0. The van der Waals surface area contributed by atoms with Crippen molar-refractivity contribution in [2.24, 2.45) is 0 Å². The summed E-state index contributed by atoms with van der Waals surface area (Å²) in [5.41, 5.74) is 3.98. The van der Waals surface area contributed by atoms with E-state index in [9.17, 15) is 9.59 Å². The van der Waals surface area contributed by atoms with Gasteiger partial charge in [0, 0.05) is 24.5 Å². The molecule has 2 heterocycles. The standard InChI is InChI=1S/C18H22N2O2/c1-12-8-14(3)18-15(9-12)13(2)10-16(21)20(18)11-17(22)19-6-4-5-7-19/h8-10H,4-7,11H2,1-3H3. The van der Waals surface area contributed by atoms with E-state index in [1.807, 2.05) is 18.7 Å². The van der Waals surface area contributed by atoms with Gasteiger partial charge < -0.3 is 4.90 Å². The molecule has 1 fully saturated rings. The average Bonchev–Trinajstić information content (AvgIpc) is 2.97. The van der Waals surface area contributed by atoms with Crippen molar-refractivity contribution in [3.63, 3.8) is 0 Å². The number of fused-ring (bicyclic) bond motifs is 1. The first kappa shape index (κ1) is 14.8. The largest absolute Gasteiger partial charge is 0.341 e. The third kappa shape index (κ3) is 2.54. The number of rotatable bonds is 2. The molecular formula is C18H22N2O2. The Morgan fingerprint density at radius 2 is 1.73 bits per heavy atom. The molecule has 4 nitrogen and oxygen atoms in total. The number of benzene rings is 1. The molecule has 22 heavy (non-hydrogen) atoms. The quantitative estimate of drug-likeness (QED) is 0.855. The van der Waals surface area contributed by atoms with Gasteiger partial charge in [-0.1, -0.05) is 11.6 Å². The number of aryl methyl sites for hydroxylation is 3. The molecular weight excluding hydrogens is 276 g/mol. The maximum absolute atomic E-state index is 12.4. The SMILES string of the molecule is Cc1cc(C)c2c(c1)c(C)cc(=O)n2CC(=O)N1CCCC1. The zero-order valence-corrected chi connectivity index (χ0v) is 13.5. The number of amides is 1. The van der Waals surface area contributed by atoms with Gasteiger partial charge in [0.1, 0.15) is 6.54 Å². The third-order valence-corrected chi connectivity index (χ3v) is 4.50. The highest BCUT2D eigenvalue weighted by molar-refractivity contribution is 5.87. The van der Waals surface area contributed by atoms with Crippen molar-refractivity contribution in [3.05, 3.63) is 45.2 Å². The molecule has 1 saturated heterocycles. The molecule has 1 aliphatic heterocycles. The van der Waals surface area contributed by atoms with Gasteiger partial charge in [0.15, 0.2) is 0 Å². The predicted octanol–water partition coefficient (Wildman–Crippen LogP) is 2.55. The van der Waals surface area contributed by atoms with Crippen LogP contribution in [0.15, 0.2) is 23.0 Å². The first-order chi connectivity index (χ1) is 10.5. The van der Waals surface area contributed by atoms with Crippen molar-refractivity contribution in [2.75, 3.05) is 13.1 Å². The molecule has 0 N–H and O–H groups in total. The van der Waals surface area contributed by atoms with Crippen LogP contribution in [0.4, 0.5) is 0 Å². The second kappa shape index (κ2) is 5.59. The minimum atomic E-state index is -0.0931.